The van der Waals surface area contributed by atoms with Crippen LogP contribution in [0.25, 0.3) is 5.69 Å². The van der Waals surface area contributed by atoms with Crippen molar-refractivity contribution in [1.82, 2.24) is 9.78 Å². The lowest BCUT2D eigenvalue weighted by Gasteiger charge is -2.29. The van der Waals surface area contributed by atoms with E-state index in [9.17, 15) is 0 Å². The third kappa shape index (κ3) is 2.95. The third-order valence-electron chi connectivity index (χ3n) is 3.96. The van der Waals surface area contributed by atoms with E-state index in [2.05, 4.69) is 49.0 Å². The van der Waals surface area contributed by atoms with Crippen LogP contribution in [0.1, 0.15) is 26.5 Å². The van der Waals surface area contributed by atoms with Gasteiger partial charge >= 0.3 is 0 Å². The summed E-state index contributed by atoms with van der Waals surface area (Å²) in [6.07, 6.45) is 0. The van der Waals surface area contributed by atoms with Crippen LogP contribution in [-0.4, -0.2) is 36.1 Å². The number of aromatic nitrogens is 2. The van der Waals surface area contributed by atoms with E-state index in [0.717, 1.165) is 37.7 Å². The predicted octanol–water partition coefficient (Wildman–Crippen LogP) is 2.59. The molecule has 1 aliphatic rings. The van der Waals surface area contributed by atoms with E-state index in [0.29, 0.717) is 5.82 Å². The van der Waals surface area contributed by atoms with Gasteiger partial charge in [-0.1, -0.05) is 26.8 Å². The molecule has 1 aromatic carbocycles. The molecule has 0 bridgehead atoms. The van der Waals surface area contributed by atoms with Crippen LogP contribution in [0.3, 0.4) is 0 Å². The Kier molecular flexibility index (Phi) is 3.83. The fourth-order valence-corrected chi connectivity index (χ4v) is 2.61. The van der Waals surface area contributed by atoms with E-state index < -0.39 is 0 Å². The van der Waals surface area contributed by atoms with Gasteiger partial charge in [0.2, 0.25) is 0 Å². The van der Waals surface area contributed by atoms with Gasteiger partial charge < -0.3 is 15.4 Å². The van der Waals surface area contributed by atoms with E-state index in [-0.39, 0.29) is 5.41 Å². The molecule has 22 heavy (non-hydrogen) atoms. The number of nitrogens with zero attached hydrogens (tertiary/aromatic N) is 3. The van der Waals surface area contributed by atoms with Crippen LogP contribution in [0.4, 0.5) is 11.5 Å². The average molecular weight is 300 g/mol. The normalized spacial score (nSPS) is 16.0. The number of anilines is 2. The average Bonchev–Trinajstić information content (AvgIpc) is 2.90. The van der Waals surface area contributed by atoms with E-state index >= 15 is 0 Å². The Labute approximate surface area is 131 Å². The second-order valence-electron chi connectivity index (χ2n) is 6.74. The van der Waals surface area contributed by atoms with Crippen molar-refractivity contribution in [2.24, 2.45) is 0 Å². The number of morpholine rings is 1. The standard InChI is InChI=1S/C17H24N4O/c1-17(2,3)15-12-16(18)21(19-15)14-6-4-5-13(11-14)20-7-9-22-10-8-20/h4-6,11-12H,7-10,18H2,1-3H3. The van der Waals surface area contributed by atoms with Crippen LogP contribution in [0.5, 0.6) is 0 Å². The predicted molar refractivity (Wildman–Crippen MR) is 89.7 cm³/mol. The highest BCUT2D eigenvalue weighted by Crippen LogP contribution is 2.26. The van der Waals surface area contributed by atoms with Gasteiger partial charge in [-0.2, -0.15) is 5.10 Å². The number of nitrogen functional groups attached to an aromatic ring is 1. The molecule has 0 aliphatic carbocycles. The van der Waals surface area contributed by atoms with Gasteiger partial charge in [0.25, 0.3) is 0 Å². The highest BCUT2D eigenvalue weighted by molar-refractivity contribution is 5.55. The fourth-order valence-electron chi connectivity index (χ4n) is 2.61. The van der Waals surface area contributed by atoms with Gasteiger partial charge in [0.1, 0.15) is 5.82 Å². The zero-order chi connectivity index (χ0) is 15.7. The van der Waals surface area contributed by atoms with E-state index in [1.807, 2.05) is 16.8 Å². The zero-order valence-corrected chi connectivity index (χ0v) is 13.5. The van der Waals surface area contributed by atoms with Crippen molar-refractivity contribution in [2.45, 2.75) is 26.2 Å². The van der Waals surface area contributed by atoms with Gasteiger partial charge in [-0.05, 0) is 18.2 Å². The minimum absolute atomic E-state index is 0.0127. The maximum atomic E-state index is 6.17. The van der Waals surface area contributed by atoms with Gasteiger partial charge in [0.15, 0.2) is 0 Å². The second-order valence-corrected chi connectivity index (χ2v) is 6.74. The van der Waals surface area contributed by atoms with Gasteiger partial charge in [-0.15, -0.1) is 0 Å². The summed E-state index contributed by atoms with van der Waals surface area (Å²) in [4.78, 5) is 2.33. The number of hydrogen-bond donors (Lipinski definition) is 1. The highest BCUT2D eigenvalue weighted by atomic mass is 16.5. The van der Waals surface area contributed by atoms with Crippen molar-refractivity contribution in [3.8, 4) is 5.69 Å². The lowest BCUT2D eigenvalue weighted by atomic mass is 9.92. The molecule has 0 amide bonds. The minimum Gasteiger partial charge on any atom is -0.384 e. The van der Waals surface area contributed by atoms with Crippen LogP contribution in [0, 0.1) is 0 Å². The van der Waals surface area contributed by atoms with Crippen LogP contribution in [0.2, 0.25) is 0 Å². The molecule has 3 rings (SSSR count). The van der Waals surface area contributed by atoms with Crippen LogP contribution in [-0.2, 0) is 10.2 Å². The summed E-state index contributed by atoms with van der Waals surface area (Å²) in [5, 5.41) is 4.69. The summed E-state index contributed by atoms with van der Waals surface area (Å²) in [7, 11) is 0. The topological polar surface area (TPSA) is 56.3 Å². The number of rotatable bonds is 2. The summed E-state index contributed by atoms with van der Waals surface area (Å²) < 4.78 is 7.24. The molecular formula is C17H24N4O. The summed E-state index contributed by atoms with van der Waals surface area (Å²) in [5.74, 6) is 0.670. The molecule has 1 aromatic heterocycles. The van der Waals surface area contributed by atoms with Gasteiger partial charge in [0.05, 0.1) is 24.6 Å². The first-order chi connectivity index (χ1) is 10.4. The van der Waals surface area contributed by atoms with Crippen LogP contribution >= 0.6 is 0 Å². The monoisotopic (exact) mass is 300 g/mol. The first kappa shape index (κ1) is 14.9. The highest BCUT2D eigenvalue weighted by Gasteiger charge is 2.20. The smallest absolute Gasteiger partial charge is 0.127 e. The number of hydrogen-bond acceptors (Lipinski definition) is 4. The maximum absolute atomic E-state index is 6.17. The molecule has 5 heteroatoms. The third-order valence-corrected chi connectivity index (χ3v) is 3.96. The first-order valence-corrected chi connectivity index (χ1v) is 7.74. The number of nitrogens with two attached hydrogens (primary N) is 1. The lowest BCUT2D eigenvalue weighted by Crippen LogP contribution is -2.36. The molecule has 1 fully saturated rings. The molecule has 0 unspecified atom stereocenters. The summed E-state index contributed by atoms with van der Waals surface area (Å²) >= 11 is 0. The Morgan fingerprint density at radius 1 is 1.09 bits per heavy atom. The quantitative estimate of drug-likeness (QED) is 0.926. The van der Waals surface area contributed by atoms with E-state index in [1.165, 1.54) is 5.69 Å². The summed E-state index contributed by atoms with van der Waals surface area (Å²) in [6.45, 7) is 9.83. The summed E-state index contributed by atoms with van der Waals surface area (Å²) in [5.41, 5.74) is 9.34. The van der Waals surface area contributed by atoms with Crippen molar-refractivity contribution in [1.29, 1.82) is 0 Å². The Balaban J connectivity index is 1.93. The largest absolute Gasteiger partial charge is 0.384 e. The number of ether oxygens (including phenoxy) is 1. The molecule has 0 spiro atoms. The molecule has 1 saturated heterocycles. The molecular weight excluding hydrogens is 276 g/mol. The molecule has 2 aromatic rings. The Morgan fingerprint density at radius 2 is 1.77 bits per heavy atom. The zero-order valence-electron chi connectivity index (χ0n) is 13.5. The van der Waals surface area contributed by atoms with Crippen LogP contribution < -0.4 is 10.6 Å². The minimum atomic E-state index is -0.0127. The van der Waals surface area contributed by atoms with Crippen LogP contribution in [0.15, 0.2) is 30.3 Å². The molecule has 2 heterocycles. The van der Waals surface area contributed by atoms with Crippen molar-refractivity contribution in [3.05, 3.63) is 36.0 Å². The second kappa shape index (κ2) is 5.65. The molecule has 2 N–H and O–H groups in total. The van der Waals surface area contributed by atoms with Gasteiger partial charge in [0, 0.05) is 30.3 Å². The Hall–Kier alpha value is -2.01. The molecule has 0 saturated carbocycles. The SMILES string of the molecule is CC(C)(C)c1cc(N)n(-c2cccc(N3CCOCC3)c2)n1. The van der Waals surface area contributed by atoms with Crippen molar-refractivity contribution >= 4 is 11.5 Å². The van der Waals surface area contributed by atoms with Crippen molar-refractivity contribution in [3.63, 3.8) is 0 Å². The number of benzene rings is 1. The van der Waals surface area contributed by atoms with Gasteiger partial charge in [-0.3, -0.25) is 0 Å². The summed E-state index contributed by atoms with van der Waals surface area (Å²) in [6, 6.07) is 10.3. The van der Waals surface area contributed by atoms with Crippen molar-refractivity contribution < 1.29 is 4.74 Å². The molecule has 0 radical (unpaired) electrons. The Bertz CT molecular complexity index is 651. The molecule has 0 atom stereocenters. The van der Waals surface area contributed by atoms with E-state index in [4.69, 9.17) is 10.5 Å². The molecule has 1 aliphatic heterocycles. The van der Waals surface area contributed by atoms with Gasteiger partial charge in [-0.25, -0.2) is 4.68 Å². The van der Waals surface area contributed by atoms with Crippen molar-refractivity contribution in [2.75, 3.05) is 36.9 Å². The fraction of sp³-hybridized carbons (Fsp3) is 0.471. The maximum Gasteiger partial charge on any atom is 0.127 e. The molecule has 5 nitrogen and oxygen atoms in total. The Morgan fingerprint density at radius 3 is 2.41 bits per heavy atom. The molecule has 118 valence electrons. The first-order valence-electron chi connectivity index (χ1n) is 7.74. The van der Waals surface area contributed by atoms with E-state index in [1.54, 1.807) is 0 Å². The lowest BCUT2D eigenvalue weighted by molar-refractivity contribution is 0.122.